The number of carbonyl (C=O) groups is 3. The maximum Gasteiger partial charge on any atom is 0.326 e. The molecule has 0 spiro atoms. The highest BCUT2D eigenvalue weighted by Gasteiger charge is 2.37. The van der Waals surface area contributed by atoms with Crippen LogP contribution in [-0.2, 0) is 20.8 Å². The molecule has 10 heteroatoms. The van der Waals surface area contributed by atoms with Crippen molar-refractivity contribution in [3.63, 3.8) is 0 Å². The molecule has 1 aromatic rings. The fourth-order valence-corrected chi connectivity index (χ4v) is 2.68. The minimum absolute atomic E-state index is 0.194. The first kappa shape index (κ1) is 17.9. The lowest BCUT2D eigenvalue weighted by Gasteiger charge is -2.27. The van der Waals surface area contributed by atoms with E-state index >= 15 is 0 Å². The Balaban J connectivity index is 1.96. The molecule has 0 bridgehead atoms. The van der Waals surface area contributed by atoms with Gasteiger partial charge < -0.3 is 31.1 Å². The molecule has 0 radical (unpaired) electrons. The highest BCUT2D eigenvalue weighted by molar-refractivity contribution is 5.92. The van der Waals surface area contributed by atoms with Gasteiger partial charge in [-0.1, -0.05) is 0 Å². The Labute approximate surface area is 138 Å². The van der Waals surface area contributed by atoms with Crippen LogP contribution in [0.15, 0.2) is 12.5 Å². The van der Waals surface area contributed by atoms with Crippen LogP contribution in [0.25, 0.3) is 0 Å². The second-order valence-corrected chi connectivity index (χ2v) is 5.66. The number of aliphatic hydroxyl groups excluding tert-OH is 1. The van der Waals surface area contributed by atoms with Crippen molar-refractivity contribution in [1.29, 1.82) is 0 Å². The van der Waals surface area contributed by atoms with Crippen LogP contribution in [-0.4, -0.2) is 74.1 Å². The van der Waals surface area contributed by atoms with E-state index < -0.39 is 42.5 Å². The molecule has 2 amide bonds. The van der Waals surface area contributed by atoms with Crippen molar-refractivity contribution in [3.05, 3.63) is 18.2 Å². The molecule has 132 valence electrons. The van der Waals surface area contributed by atoms with Crippen LogP contribution in [0.3, 0.4) is 0 Å². The number of amides is 2. The van der Waals surface area contributed by atoms with Crippen LogP contribution in [0.4, 0.5) is 0 Å². The van der Waals surface area contributed by atoms with Crippen molar-refractivity contribution in [2.24, 2.45) is 5.73 Å². The molecule has 2 rings (SSSR count). The van der Waals surface area contributed by atoms with Gasteiger partial charge >= 0.3 is 5.97 Å². The van der Waals surface area contributed by atoms with Crippen LogP contribution in [0.5, 0.6) is 0 Å². The third-order valence-corrected chi connectivity index (χ3v) is 3.95. The summed E-state index contributed by atoms with van der Waals surface area (Å²) < 4.78 is 0. The van der Waals surface area contributed by atoms with Crippen LogP contribution in [0.1, 0.15) is 18.5 Å². The van der Waals surface area contributed by atoms with E-state index in [9.17, 15) is 19.5 Å². The fraction of sp³-hybridized carbons (Fsp3) is 0.571. The third kappa shape index (κ3) is 4.09. The minimum atomic E-state index is -1.22. The standard InChI is InChI=1S/C14H21N5O5/c15-9(4-8-5-16-7-17-8)12(21)18-10(6-20)13(22)19-3-1-2-11(19)14(23)24/h5,7,9-11,20H,1-4,6,15H2,(H,16,17)(H,18,21)(H,23,24). The normalized spacial score (nSPS) is 19.8. The molecule has 0 saturated carbocycles. The molecule has 0 aromatic carbocycles. The Bertz CT molecular complexity index is 590. The number of hydrogen-bond acceptors (Lipinski definition) is 6. The largest absolute Gasteiger partial charge is 0.480 e. The highest BCUT2D eigenvalue weighted by atomic mass is 16.4. The summed E-state index contributed by atoms with van der Waals surface area (Å²) in [6, 6.07) is -3.08. The van der Waals surface area contributed by atoms with E-state index in [1.165, 1.54) is 17.4 Å². The molecular weight excluding hydrogens is 318 g/mol. The van der Waals surface area contributed by atoms with Gasteiger partial charge in [0.15, 0.2) is 0 Å². The summed E-state index contributed by atoms with van der Waals surface area (Å²) in [6.07, 6.45) is 4.10. The van der Waals surface area contributed by atoms with E-state index in [0.717, 1.165) is 0 Å². The first-order valence-electron chi connectivity index (χ1n) is 7.61. The zero-order valence-corrected chi connectivity index (χ0v) is 13.0. The zero-order valence-electron chi connectivity index (χ0n) is 13.0. The molecule has 1 saturated heterocycles. The zero-order chi connectivity index (χ0) is 17.7. The first-order chi connectivity index (χ1) is 11.4. The number of nitrogens with zero attached hydrogens (tertiary/aromatic N) is 2. The van der Waals surface area contributed by atoms with Crippen LogP contribution < -0.4 is 11.1 Å². The molecule has 0 aliphatic carbocycles. The van der Waals surface area contributed by atoms with Gasteiger partial charge in [0.05, 0.1) is 19.0 Å². The number of aliphatic carboxylic acids is 1. The average Bonchev–Trinajstić information content (AvgIpc) is 3.22. The van der Waals surface area contributed by atoms with Gasteiger partial charge in [0.25, 0.3) is 0 Å². The first-order valence-corrected chi connectivity index (χ1v) is 7.61. The van der Waals surface area contributed by atoms with Crippen LogP contribution >= 0.6 is 0 Å². The number of hydrogen-bond donors (Lipinski definition) is 5. The number of aliphatic hydroxyl groups is 1. The summed E-state index contributed by atoms with van der Waals surface area (Å²) in [5.74, 6) is -2.33. The molecule has 1 fully saturated rings. The van der Waals surface area contributed by atoms with Crippen molar-refractivity contribution in [2.75, 3.05) is 13.2 Å². The number of carboxylic acids is 1. The monoisotopic (exact) mass is 339 g/mol. The number of H-pyrrole nitrogens is 1. The fourth-order valence-electron chi connectivity index (χ4n) is 2.68. The summed E-state index contributed by atoms with van der Waals surface area (Å²) >= 11 is 0. The predicted octanol–water partition coefficient (Wildman–Crippen LogP) is -2.17. The predicted molar refractivity (Wildman–Crippen MR) is 81.7 cm³/mol. The van der Waals surface area contributed by atoms with Gasteiger partial charge in [-0.2, -0.15) is 0 Å². The number of nitrogens with one attached hydrogen (secondary N) is 2. The smallest absolute Gasteiger partial charge is 0.326 e. The number of likely N-dealkylation sites (tertiary alicyclic amines) is 1. The number of imidazole rings is 1. The van der Waals surface area contributed by atoms with E-state index in [4.69, 9.17) is 10.8 Å². The SMILES string of the molecule is NC(Cc1cnc[nH]1)C(=O)NC(CO)C(=O)N1CCCC1C(=O)O. The quantitative estimate of drug-likeness (QED) is 0.377. The van der Waals surface area contributed by atoms with E-state index in [1.54, 1.807) is 0 Å². The highest BCUT2D eigenvalue weighted by Crippen LogP contribution is 2.18. The molecule has 3 unspecified atom stereocenters. The number of nitrogens with two attached hydrogens (primary N) is 1. The summed E-state index contributed by atoms with van der Waals surface area (Å²) in [6.45, 7) is -0.355. The van der Waals surface area contributed by atoms with Gasteiger partial charge in [-0.25, -0.2) is 9.78 Å². The molecule has 1 aromatic heterocycles. The summed E-state index contributed by atoms with van der Waals surface area (Å²) in [7, 11) is 0. The van der Waals surface area contributed by atoms with Gasteiger partial charge in [-0.15, -0.1) is 0 Å². The molecule has 6 N–H and O–H groups in total. The second-order valence-electron chi connectivity index (χ2n) is 5.66. The van der Waals surface area contributed by atoms with Gasteiger partial charge in [-0.05, 0) is 12.8 Å². The lowest BCUT2D eigenvalue weighted by Crippen LogP contribution is -2.56. The Morgan fingerprint density at radius 2 is 2.25 bits per heavy atom. The van der Waals surface area contributed by atoms with E-state index in [0.29, 0.717) is 18.5 Å². The molecule has 3 atom stereocenters. The van der Waals surface area contributed by atoms with E-state index in [2.05, 4.69) is 15.3 Å². The van der Waals surface area contributed by atoms with Gasteiger partial charge in [0.1, 0.15) is 12.1 Å². The number of carboxylic acid groups (broad SMARTS) is 1. The van der Waals surface area contributed by atoms with Crippen LogP contribution in [0.2, 0.25) is 0 Å². The number of aromatic amines is 1. The van der Waals surface area contributed by atoms with E-state index in [-0.39, 0.29) is 13.0 Å². The van der Waals surface area contributed by atoms with Gasteiger partial charge in [-0.3, -0.25) is 9.59 Å². The van der Waals surface area contributed by atoms with Crippen molar-refractivity contribution < 1.29 is 24.6 Å². The maximum absolute atomic E-state index is 12.4. The Hall–Kier alpha value is -2.46. The summed E-state index contributed by atoms with van der Waals surface area (Å²) in [5, 5.41) is 20.9. The lowest BCUT2D eigenvalue weighted by molar-refractivity contribution is -0.149. The molecular formula is C14H21N5O5. The summed E-state index contributed by atoms with van der Waals surface area (Å²) in [4.78, 5) is 43.5. The number of rotatable bonds is 7. The summed E-state index contributed by atoms with van der Waals surface area (Å²) in [5.41, 5.74) is 6.44. The minimum Gasteiger partial charge on any atom is -0.480 e. The number of aromatic nitrogens is 2. The molecule has 1 aliphatic heterocycles. The maximum atomic E-state index is 12.4. The Morgan fingerprint density at radius 1 is 1.50 bits per heavy atom. The number of carbonyl (C=O) groups excluding carboxylic acids is 2. The Morgan fingerprint density at radius 3 is 2.83 bits per heavy atom. The van der Waals surface area contributed by atoms with Crippen molar-refractivity contribution >= 4 is 17.8 Å². The Kier molecular flexibility index (Phi) is 5.88. The molecule has 1 aliphatic rings. The molecule has 10 nitrogen and oxygen atoms in total. The van der Waals surface area contributed by atoms with Crippen molar-refractivity contribution in [3.8, 4) is 0 Å². The van der Waals surface area contributed by atoms with Gasteiger partial charge in [0.2, 0.25) is 11.8 Å². The second kappa shape index (κ2) is 7.88. The topological polar surface area (TPSA) is 162 Å². The van der Waals surface area contributed by atoms with Crippen molar-refractivity contribution in [2.45, 2.75) is 37.4 Å². The molecule has 24 heavy (non-hydrogen) atoms. The third-order valence-electron chi connectivity index (χ3n) is 3.95. The lowest BCUT2D eigenvalue weighted by atomic mass is 10.1. The average molecular weight is 339 g/mol. The van der Waals surface area contributed by atoms with Gasteiger partial charge in [0, 0.05) is 24.9 Å². The van der Waals surface area contributed by atoms with Crippen LogP contribution in [0, 0.1) is 0 Å². The van der Waals surface area contributed by atoms with Crippen molar-refractivity contribution in [1.82, 2.24) is 20.2 Å². The molecule has 2 heterocycles. The van der Waals surface area contributed by atoms with E-state index in [1.807, 2.05) is 0 Å².